The summed E-state index contributed by atoms with van der Waals surface area (Å²) in [6.07, 6.45) is 8.98. The lowest BCUT2D eigenvalue weighted by Crippen LogP contribution is -2.12. The molecule has 5 heteroatoms. The Labute approximate surface area is 205 Å². The molecule has 34 heavy (non-hydrogen) atoms. The molecule has 0 spiro atoms. The second-order valence-corrected chi connectivity index (χ2v) is 9.14. The molecule has 0 saturated carbocycles. The Balaban J connectivity index is 2.03. The van der Waals surface area contributed by atoms with Crippen molar-refractivity contribution in [3.8, 4) is 23.0 Å². The quantitative estimate of drug-likeness (QED) is 0.248. The highest BCUT2D eigenvalue weighted by Gasteiger charge is 2.19. The van der Waals surface area contributed by atoms with Crippen LogP contribution in [-0.2, 0) is 0 Å². The van der Waals surface area contributed by atoms with Gasteiger partial charge in [0.25, 0.3) is 0 Å². The number of phenols is 2. The number of carbonyl (C=O) groups is 1. The van der Waals surface area contributed by atoms with E-state index in [0.717, 1.165) is 38.5 Å². The number of ether oxygens (including phenoxy) is 2. The van der Waals surface area contributed by atoms with Crippen LogP contribution >= 0.6 is 0 Å². The topological polar surface area (TPSA) is 76.0 Å². The van der Waals surface area contributed by atoms with Crippen molar-refractivity contribution in [3.05, 3.63) is 47.5 Å². The van der Waals surface area contributed by atoms with Crippen LogP contribution in [-0.4, -0.2) is 29.2 Å². The van der Waals surface area contributed by atoms with Gasteiger partial charge in [-0.2, -0.15) is 0 Å². The van der Waals surface area contributed by atoms with E-state index in [-0.39, 0.29) is 22.6 Å². The summed E-state index contributed by atoms with van der Waals surface area (Å²) in [6, 6.07) is 9.41. The van der Waals surface area contributed by atoms with Crippen LogP contribution in [0, 0.1) is 11.8 Å². The SMILES string of the molecule is CCCCC(CC)COc1ccc(C(=O)c2ccc(OCC(CC)CCCC)cc2O)c(O)c1. The van der Waals surface area contributed by atoms with Gasteiger partial charge in [0.05, 0.1) is 24.3 Å². The first-order chi connectivity index (χ1) is 16.4. The summed E-state index contributed by atoms with van der Waals surface area (Å²) in [5.74, 6) is 1.24. The Morgan fingerprint density at radius 2 is 1.15 bits per heavy atom. The number of hydrogen-bond acceptors (Lipinski definition) is 5. The number of phenolic OH excluding ortho intramolecular Hbond substituents is 2. The van der Waals surface area contributed by atoms with Crippen LogP contribution in [0.4, 0.5) is 0 Å². The first-order valence-electron chi connectivity index (χ1n) is 12.9. The van der Waals surface area contributed by atoms with E-state index < -0.39 is 5.78 Å². The summed E-state index contributed by atoms with van der Waals surface area (Å²) in [4.78, 5) is 13.0. The molecule has 0 radical (unpaired) electrons. The van der Waals surface area contributed by atoms with Crippen LogP contribution in [0.3, 0.4) is 0 Å². The van der Waals surface area contributed by atoms with Gasteiger partial charge in [0.15, 0.2) is 5.78 Å². The van der Waals surface area contributed by atoms with Crippen molar-refractivity contribution < 1.29 is 24.5 Å². The lowest BCUT2D eigenvalue weighted by atomic mass is 10.00. The molecule has 2 aromatic rings. The molecule has 2 N–H and O–H groups in total. The molecule has 2 unspecified atom stereocenters. The maximum atomic E-state index is 13.0. The third-order valence-electron chi connectivity index (χ3n) is 6.49. The van der Waals surface area contributed by atoms with E-state index in [1.807, 2.05) is 0 Å². The minimum Gasteiger partial charge on any atom is -0.507 e. The highest BCUT2D eigenvalue weighted by Crippen LogP contribution is 2.31. The molecule has 0 saturated heterocycles. The third kappa shape index (κ3) is 8.27. The van der Waals surface area contributed by atoms with Gasteiger partial charge < -0.3 is 19.7 Å². The van der Waals surface area contributed by atoms with Gasteiger partial charge in [-0.15, -0.1) is 0 Å². The van der Waals surface area contributed by atoms with Gasteiger partial charge in [0.1, 0.15) is 23.0 Å². The Hall–Kier alpha value is -2.69. The average Bonchev–Trinajstić information content (AvgIpc) is 2.84. The molecule has 0 aromatic heterocycles. The van der Waals surface area contributed by atoms with Crippen molar-refractivity contribution in [2.75, 3.05) is 13.2 Å². The fraction of sp³-hybridized carbons (Fsp3) is 0.552. The van der Waals surface area contributed by atoms with Crippen LogP contribution in [0.15, 0.2) is 36.4 Å². The molecular weight excluding hydrogens is 428 g/mol. The van der Waals surface area contributed by atoms with Crippen molar-refractivity contribution in [3.63, 3.8) is 0 Å². The number of carbonyl (C=O) groups excluding carboxylic acids is 1. The van der Waals surface area contributed by atoms with E-state index in [2.05, 4.69) is 27.7 Å². The number of aromatic hydroxyl groups is 2. The van der Waals surface area contributed by atoms with Gasteiger partial charge >= 0.3 is 0 Å². The second-order valence-electron chi connectivity index (χ2n) is 9.14. The number of ketones is 1. The fourth-order valence-corrected chi connectivity index (χ4v) is 3.96. The van der Waals surface area contributed by atoms with Crippen LogP contribution in [0.1, 0.15) is 95.0 Å². The highest BCUT2D eigenvalue weighted by atomic mass is 16.5. The predicted octanol–water partition coefficient (Wildman–Crippen LogP) is 7.52. The van der Waals surface area contributed by atoms with Crippen LogP contribution < -0.4 is 9.47 Å². The van der Waals surface area contributed by atoms with Crippen LogP contribution in [0.5, 0.6) is 23.0 Å². The molecule has 0 fully saturated rings. The van der Waals surface area contributed by atoms with Crippen molar-refractivity contribution >= 4 is 5.78 Å². The maximum absolute atomic E-state index is 13.0. The normalized spacial score (nSPS) is 12.8. The Kier molecular flexibility index (Phi) is 11.8. The van der Waals surface area contributed by atoms with Gasteiger partial charge in [-0.3, -0.25) is 4.79 Å². The summed E-state index contributed by atoms with van der Waals surface area (Å²) in [7, 11) is 0. The molecule has 0 bridgehead atoms. The van der Waals surface area contributed by atoms with Gasteiger partial charge in [0.2, 0.25) is 0 Å². The molecule has 0 amide bonds. The number of unbranched alkanes of at least 4 members (excludes halogenated alkanes) is 2. The van der Waals surface area contributed by atoms with Gasteiger partial charge in [-0.25, -0.2) is 0 Å². The zero-order chi connectivity index (χ0) is 24.9. The van der Waals surface area contributed by atoms with Gasteiger partial charge in [-0.1, -0.05) is 66.2 Å². The molecular formula is C29H42O5. The molecule has 188 valence electrons. The summed E-state index contributed by atoms with van der Waals surface area (Å²) in [6.45, 7) is 9.83. The van der Waals surface area contributed by atoms with Gasteiger partial charge in [-0.05, 0) is 48.9 Å². The van der Waals surface area contributed by atoms with Crippen molar-refractivity contribution in [1.82, 2.24) is 0 Å². The zero-order valence-electron chi connectivity index (χ0n) is 21.3. The molecule has 2 rings (SSSR count). The van der Waals surface area contributed by atoms with E-state index in [9.17, 15) is 15.0 Å². The Morgan fingerprint density at radius 3 is 1.47 bits per heavy atom. The number of rotatable bonds is 16. The van der Waals surface area contributed by atoms with Crippen molar-refractivity contribution in [1.29, 1.82) is 0 Å². The Bertz CT molecular complexity index is 821. The van der Waals surface area contributed by atoms with E-state index in [4.69, 9.17) is 9.47 Å². The van der Waals surface area contributed by atoms with E-state index in [1.54, 1.807) is 24.3 Å². The van der Waals surface area contributed by atoms with Crippen LogP contribution in [0.25, 0.3) is 0 Å². The first kappa shape index (κ1) is 27.6. The highest BCUT2D eigenvalue weighted by molar-refractivity contribution is 6.12. The average molecular weight is 471 g/mol. The molecule has 2 atom stereocenters. The standard InChI is InChI=1S/C29H42O5/c1-5-9-11-21(7-3)19-33-23-13-15-25(27(30)17-23)29(32)26-16-14-24(18-28(26)31)34-20-22(8-4)12-10-6-2/h13-18,21-22,30-31H,5-12,19-20H2,1-4H3. The predicted molar refractivity (Wildman–Crippen MR) is 137 cm³/mol. The summed E-state index contributed by atoms with van der Waals surface area (Å²) >= 11 is 0. The monoisotopic (exact) mass is 470 g/mol. The van der Waals surface area contributed by atoms with Crippen molar-refractivity contribution in [2.45, 2.75) is 79.1 Å². The smallest absolute Gasteiger partial charge is 0.200 e. The minimum atomic E-state index is -0.447. The second kappa shape index (κ2) is 14.5. The van der Waals surface area contributed by atoms with E-state index in [0.29, 0.717) is 36.5 Å². The molecule has 0 heterocycles. The maximum Gasteiger partial charge on any atom is 0.200 e. The summed E-state index contributed by atoms with van der Waals surface area (Å²) in [5.41, 5.74) is 0.250. The summed E-state index contributed by atoms with van der Waals surface area (Å²) in [5, 5.41) is 20.9. The first-order valence-corrected chi connectivity index (χ1v) is 12.9. The number of hydrogen-bond donors (Lipinski definition) is 2. The molecule has 0 aliphatic carbocycles. The molecule has 0 aliphatic rings. The lowest BCUT2D eigenvalue weighted by molar-refractivity contribution is 0.103. The van der Waals surface area contributed by atoms with Gasteiger partial charge in [0, 0.05) is 12.1 Å². The summed E-state index contributed by atoms with van der Waals surface area (Å²) < 4.78 is 11.7. The molecule has 5 nitrogen and oxygen atoms in total. The molecule has 2 aromatic carbocycles. The Morgan fingerprint density at radius 1 is 0.735 bits per heavy atom. The van der Waals surface area contributed by atoms with E-state index in [1.165, 1.54) is 25.0 Å². The largest absolute Gasteiger partial charge is 0.507 e. The zero-order valence-corrected chi connectivity index (χ0v) is 21.3. The lowest BCUT2D eigenvalue weighted by Gasteiger charge is -2.16. The molecule has 0 aliphatic heterocycles. The minimum absolute atomic E-state index is 0.125. The van der Waals surface area contributed by atoms with Crippen LogP contribution in [0.2, 0.25) is 0 Å². The van der Waals surface area contributed by atoms with Crippen molar-refractivity contribution in [2.24, 2.45) is 11.8 Å². The third-order valence-corrected chi connectivity index (χ3v) is 6.49. The number of benzene rings is 2. The fourth-order valence-electron chi connectivity index (χ4n) is 3.96. The van der Waals surface area contributed by atoms with E-state index >= 15 is 0 Å².